The smallest absolute Gasteiger partial charge is 0.231 e. The van der Waals surface area contributed by atoms with Gasteiger partial charge in [-0.3, -0.25) is 4.79 Å². The summed E-state index contributed by atoms with van der Waals surface area (Å²) in [7, 11) is 3.07. The van der Waals surface area contributed by atoms with E-state index in [1.165, 1.54) is 26.4 Å². The number of amides is 1. The molecular formula is C21H18FN3O5. The molecular weight excluding hydrogens is 393 g/mol. The summed E-state index contributed by atoms with van der Waals surface area (Å²) in [5, 5.41) is 2.81. The molecule has 1 aromatic heterocycles. The van der Waals surface area contributed by atoms with Crippen molar-refractivity contribution in [2.45, 2.75) is 12.3 Å². The zero-order chi connectivity index (χ0) is 20.8. The van der Waals surface area contributed by atoms with Gasteiger partial charge >= 0.3 is 0 Å². The minimum atomic E-state index is -0.403. The number of nitrogens with zero attached hydrogens (tertiary/aromatic N) is 2. The monoisotopic (exact) mass is 411 g/mol. The van der Waals surface area contributed by atoms with Crippen molar-refractivity contribution < 1.29 is 28.1 Å². The first-order chi connectivity index (χ1) is 14.6. The Morgan fingerprint density at radius 3 is 2.67 bits per heavy atom. The molecule has 8 nitrogen and oxygen atoms in total. The molecule has 9 heteroatoms. The number of carbonyl (C=O) groups excluding carboxylic acids is 1. The number of hydrogen-bond donors (Lipinski definition) is 1. The zero-order valence-corrected chi connectivity index (χ0v) is 16.3. The quantitative estimate of drug-likeness (QED) is 0.710. The number of imidazole rings is 1. The normalized spacial score (nSPS) is 16.8. The summed E-state index contributed by atoms with van der Waals surface area (Å²) in [5.41, 5.74) is 2.18. The number of fused-ring (bicyclic) bond motifs is 2. The first kappa shape index (κ1) is 18.3. The van der Waals surface area contributed by atoms with Gasteiger partial charge in [0.1, 0.15) is 12.1 Å². The number of benzene rings is 2. The highest BCUT2D eigenvalue weighted by Crippen LogP contribution is 2.53. The summed E-state index contributed by atoms with van der Waals surface area (Å²) < 4.78 is 37.6. The van der Waals surface area contributed by atoms with Gasteiger partial charge in [-0.25, -0.2) is 9.37 Å². The molecule has 0 saturated heterocycles. The highest BCUT2D eigenvalue weighted by Gasteiger charge is 2.37. The zero-order valence-electron chi connectivity index (χ0n) is 16.3. The Balaban J connectivity index is 1.72. The predicted octanol–water partition coefficient (Wildman–Crippen LogP) is 3.23. The van der Waals surface area contributed by atoms with Crippen molar-refractivity contribution in [3.63, 3.8) is 0 Å². The molecule has 154 valence electrons. The molecule has 2 aliphatic rings. The molecule has 0 aliphatic carbocycles. The van der Waals surface area contributed by atoms with Crippen LogP contribution < -0.4 is 24.3 Å². The number of anilines is 1. The van der Waals surface area contributed by atoms with E-state index in [0.29, 0.717) is 34.4 Å². The van der Waals surface area contributed by atoms with E-state index in [1.807, 2.05) is 4.57 Å². The molecule has 0 bridgehead atoms. The molecule has 2 aliphatic heterocycles. The predicted molar refractivity (Wildman–Crippen MR) is 104 cm³/mol. The molecule has 1 atom stereocenters. The molecule has 0 spiro atoms. The van der Waals surface area contributed by atoms with Gasteiger partial charge in [0.15, 0.2) is 17.3 Å². The molecule has 0 fully saturated rings. The lowest BCUT2D eigenvalue weighted by Crippen LogP contribution is -2.25. The molecule has 3 aromatic rings. The number of carbonyl (C=O) groups is 1. The number of ether oxygens (including phenoxy) is 4. The van der Waals surface area contributed by atoms with Crippen LogP contribution in [-0.4, -0.2) is 36.5 Å². The standard InChI is InChI=1S/C21H18FN3O5/c1-27-15-7-14(18(28-2)20-19(15)29-10-30-20)13-8-16(26)24-21-17(13)25(9-23-21)12-5-3-11(22)4-6-12/h3-7,9,13H,8,10H2,1-2H3,(H,24,26)/t13-/m1/s1. The third-order valence-electron chi connectivity index (χ3n) is 5.28. The van der Waals surface area contributed by atoms with Gasteiger partial charge in [0, 0.05) is 23.6 Å². The molecule has 5 rings (SSSR count). The van der Waals surface area contributed by atoms with Crippen LogP contribution in [0.25, 0.3) is 5.69 Å². The fourth-order valence-corrected chi connectivity index (χ4v) is 3.97. The van der Waals surface area contributed by atoms with Gasteiger partial charge < -0.3 is 28.8 Å². The Hall–Kier alpha value is -3.75. The van der Waals surface area contributed by atoms with E-state index in [0.717, 1.165) is 11.4 Å². The average molecular weight is 411 g/mol. The number of nitrogens with one attached hydrogen (secondary N) is 1. The van der Waals surface area contributed by atoms with E-state index >= 15 is 0 Å². The Bertz CT molecular complexity index is 1140. The Morgan fingerprint density at radius 1 is 1.17 bits per heavy atom. The van der Waals surface area contributed by atoms with Gasteiger partial charge in [0.25, 0.3) is 0 Å². The first-order valence-electron chi connectivity index (χ1n) is 9.28. The second-order valence-corrected chi connectivity index (χ2v) is 6.90. The maximum Gasteiger partial charge on any atom is 0.231 e. The summed E-state index contributed by atoms with van der Waals surface area (Å²) >= 11 is 0. The van der Waals surface area contributed by atoms with Crippen LogP contribution in [0.3, 0.4) is 0 Å². The second kappa shape index (κ2) is 6.94. The maximum atomic E-state index is 13.4. The van der Waals surface area contributed by atoms with Gasteiger partial charge in [0.05, 0.1) is 19.9 Å². The van der Waals surface area contributed by atoms with Crippen LogP contribution >= 0.6 is 0 Å². The van der Waals surface area contributed by atoms with Crippen LogP contribution in [0, 0.1) is 5.82 Å². The minimum Gasteiger partial charge on any atom is -0.493 e. The largest absolute Gasteiger partial charge is 0.493 e. The highest BCUT2D eigenvalue weighted by molar-refractivity contribution is 5.94. The number of hydrogen-bond acceptors (Lipinski definition) is 6. The van der Waals surface area contributed by atoms with Crippen molar-refractivity contribution in [2.75, 3.05) is 26.3 Å². The van der Waals surface area contributed by atoms with E-state index in [-0.39, 0.29) is 24.9 Å². The van der Waals surface area contributed by atoms with Crippen LogP contribution in [0.1, 0.15) is 23.6 Å². The van der Waals surface area contributed by atoms with Crippen LogP contribution in [0.15, 0.2) is 36.7 Å². The number of methoxy groups -OCH3 is 2. The van der Waals surface area contributed by atoms with E-state index in [4.69, 9.17) is 18.9 Å². The molecule has 30 heavy (non-hydrogen) atoms. The summed E-state index contributed by atoms with van der Waals surface area (Å²) in [6.45, 7) is 0.0510. The summed E-state index contributed by atoms with van der Waals surface area (Å²) in [5.74, 6) is 1.39. The van der Waals surface area contributed by atoms with Crippen molar-refractivity contribution in [3.05, 3.63) is 53.7 Å². The summed E-state index contributed by atoms with van der Waals surface area (Å²) in [4.78, 5) is 16.8. The second-order valence-electron chi connectivity index (χ2n) is 6.90. The Morgan fingerprint density at radius 2 is 1.93 bits per heavy atom. The molecule has 3 heterocycles. The number of aromatic nitrogens is 2. The average Bonchev–Trinajstić information content (AvgIpc) is 3.40. The van der Waals surface area contributed by atoms with Gasteiger partial charge in [-0.1, -0.05) is 0 Å². The molecule has 0 unspecified atom stereocenters. The molecule has 1 amide bonds. The highest BCUT2D eigenvalue weighted by atomic mass is 19.1. The fourth-order valence-electron chi connectivity index (χ4n) is 3.97. The topological polar surface area (TPSA) is 83.8 Å². The first-order valence-corrected chi connectivity index (χ1v) is 9.28. The summed E-state index contributed by atoms with van der Waals surface area (Å²) in [6, 6.07) is 7.86. The lowest BCUT2D eigenvalue weighted by molar-refractivity contribution is -0.116. The van der Waals surface area contributed by atoms with E-state index in [9.17, 15) is 9.18 Å². The molecule has 0 radical (unpaired) electrons. The van der Waals surface area contributed by atoms with Gasteiger partial charge in [-0.2, -0.15) is 0 Å². The van der Waals surface area contributed by atoms with Crippen LogP contribution in [0.2, 0.25) is 0 Å². The third-order valence-corrected chi connectivity index (χ3v) is 5.28. The van der Waals surface area contributed by atoms with Gasteiger partial charge in [0.2, 0.25) is 24.2 Å². The SMILES string of the molecule is COc1cc([C@H]2CC(=O)Nc3ncn(-c4ccc(F)cc4)c32)c(OC)c2c1OCO2. The fraction of sp³-hybridized carbons (Fsp3) is 0.238. The van der Waals surface area contributed by atoms with Crippen molar-refractivity contribution in [3.8, 4) is 28.7 Å². The molecule has 1 N–H and O–H groups in total. The lowest BCUT2D eigenvalue weighted by Gasteiger charge is -2.26. The lowest BCUT2D eigenvalue weighted by atomic mass is 9.88. The van der Waals surface area contributed by atoms with Gasteiger partial charge in [-0.15, -0.1) is 0 Å². The third kappa shape index (κ3) is 2.73. The van der Waals surface area contributed by atoms with Crippen LogP contribution in [0.5, 0.6) is 23.0 Å². The van der Waals surface area contributed by atoms with E-state index in [2.05, 4.69) is 10.3 Å². The molecule has 0 saturated carbocycles. The van der Waals surface area contributed by atoms with Crippen molar-refractivity contribution in [2.24, 2.45) is 0 Å². The van der Waals surface area contributed by atoms with Crippen LogP contribution in [-0.2, 0) is 4.79 Å². The van der Waals surface area contributed by atoms with Gasteiger partial charge in [-0.05, 0) is 30.3 Å². The van der Waals surface area contributed by atoms with Crippen molar-refractivity contribution in [1.82, 2.24) is 9.55 Å². The molecule has 2 aromatic carbocycles. The van der Waals surface area contributed by atoms with E-state index in [1.54, 1.807) is 24.5 Å². The van der Waals surface area contributed by atoms with E-state index < -0.39 is 5.92 Å². The van der Waals surface area contributed by atoms with Crippen LogP contribution in [0.4, 0.5) is 10.2 Å². The Labute approximate surface area is 171 Å². The Kier molecular flexibility index (Phi) is 4.23. The maximum absolute atomic E-state index is 13.4. The number of halogens is 1. The van der Waals surface area contributed by atoms with Crippen molar-refractivity contribution in [1.29, 1.82) is 0 Å². The summed E-state index contributed by atoms with van der Waals surface area (Å²) in [6.07, 6.45) is 1.77. The van der Waals surface area contributed by atoms with Crippen molar-refractivity contribution >= 4 is 11.7 Å². The number of rotatable bonds is 4. The minimum absolute atomic E-state index is 0.0510.